The maximum Gasteiger partial charge on any atom is 0.224 e. The Bertz CT molecular complexity index is 669. The van der Waals surface area contributed by atoms with Gasteiger partial charge in [0.05, 0.1) is 25.9 Å². The first-order chi connectivity index (χ1) is 15.9. The average molecular weight is 503 g/mol. The predicted octanol–water partition coefficient (Wildman–Crippen LogP) is -8.22. The molecule has 0 aromatic heterocycles. The molecule has 34 heavy (non-hydrogen) atoms. The summed E-state index contributed by atoms with van der Waals surface area (Å²) in [6.45, 7) is -2.51. The molecule has 0 aliphatic carbocycles. The topological polar surface area (TPSA) is 285 Å². The van der Waals surface area contributed by atoms with Crippen LogP contribution in [0.1, 0.15) is 0 Å². The summed E-state index contributed by atoms with van der Waals surface area (Å²) in [7, 11) is 0. The Morgan fingerprint density at radius 3 is 1.76 bits per heavy atom. The SMILES string of the molecule is N[C@H]1C(C2(O)O[C@H](CO)[C@@H](O[C@@H]3O[C@H](CO)[C@H](O)[C@H](O)[C@H]3O)[C@H](O)[C@H]2O)O[C@H](CO)[C@H](O)[C@@H]1O. The Morgan fingerprint density at radius 2 is 1.21 bits per heavy atom. The van der Waals surface area contributed by atoms with Gasteiger partial charge in [0.2, 0.25) is 5.79 Å². The summed E-state index contributed by atoms with van der Waals surface area (Å²) in [6.07, 6.45) is -22.8. The minimum absolute atomic E-state index is 0.766. The van der Waals surface area contributed by atoms with Crippen molar-refractivity contribution in [2.75, 3.05) is 19.8 Å². The average Bonchev–Trinajstić information content (AvgIpc) is 2.82. The van der Waals surface area contributed by atoms with E-state index in [-0.39, 0.29) is 0 Å². The van der Waals surface area contributed by atoms with Crippen LogP contribution in [0.25, 0.3) is 0 Å². The van der Waals surface area contributed by atoms with Gasteiger partial charge in [-0.2, -0.15) is 0 Å². The van der Waals surface area contributed by atoms with Crippen LogP contribution in [-0.4, -0.2) is 167 Å². The molecule has 13 N–H and O–H groups in total. The number of hydrogen-bond donors (Lipinski definition) is 12. The molecule has 0 saturated carbocycles. The van der Waals surface area contributed by atoms with Gasteiger partial charge in [0, 0.05) is 0 Å². The highest BCUT2D eigenvalue weighted by molar-refractivity contribution is 5.08. The van der Waals surface area contributed by atoms with E-state index in [2.05, 4.69) is 0 Å². The largest absolute Gasteiger partial charge is 0.394 e. The fraction of sp³-hybridized carbons (Fsp3) is 1.00. The lowest BCUT2D eigenvalue weighted by Crippen LogP contribution is -2.77. The zero-order valence-corrected chi connectivity index (χ0v) is 17.8. The van der Waals surface area contributed by atoms with Crippen molar-refractivity contribution < 1.29 is 75.1 Å². The first kappa shape index (κ1) is 27.9. The fourth-order valence-electron chi connectivity index (χ4n) is 4.41. The number of nitrogens with two attached hydrogens (primary N) is 1. The van der Waals surface area contributed by atoms with Crippen molar-refractivity contribution in [2.24, 2.45) is 5.73 Å². The van der Waals surface area contributed by atoms with E-state index < -0.39 is 111 Å². The molecule has 3 saturated heterocycles. The van der Waals surface area contributed by atoms with Gasteiger partial charge in [-0.05, 0) is 0 Å². The molecule has 15 atom stereocenters. The second-order valence-electron chi connectivity index (χ2n) is 8.66. The minimum atomic E-state index is -2.88. The quantitative estimate of drug-likeness (QED) is 0.160. The van der Waals surface area contributed by atoms with E-state index in [9.17, 15) is 56.2 Å². The molecule has 3 aliphatic heterocycles. The molecule has 3 heterocycles. The number of ether oxygens (including phenoxy) is 4. The smallest absolute Gasteiger partial charge is 0.224 e. The van der Waals surface area contributed by atoms with Crippen molar-refractivity contribution in [3.05, 3.63) is 0 Å². The lowest BCUT2D eigenvalue weighted by molar-refractivity contribution is -0.413. The third kappa shape index (κ3) is 4.71. The second kappa shape index (κ2) is 10.8. The maximum atomic E-state index is 11.1. The standard InChI is InChI=1S/C18H33NO15/c19-7-10(25)8(23)4(1-20)31-16(7)18(30)15(29)13(28)14(6(3-22)34-18)33-17-12(27)11(26)9(24)5(2-21)32-17/h4-17,20-30H,1-3,19H2/t4-,5-,6-,7-,8+,9+,10-,11+,12-,13+,14-,15-,16?,17+,18?/m1/s1. The van der Waals surface area contributed by atoms with E-state index in [4.69, 9.17) is 24.7 Å². The second-order valence-corrected chi connectivity index (χ2v) is 8.66. The van der Waals surface area contributed by atoms with Crippen LogP contribution in [0.15, 0.2) is 0 Å². The number of rotatable bonds is 6. The lowest BCUT2D eigenvalue weighted by Gasteiger charge is -2.54. The fourth-order valence-corrected chi connectivity index (χ4v) is 4.41. The zero-order chi connectivity index (χ0) is 25.5. The summed E-state index contributed by atoms with van der Waals surface area (Å²) in [5.41, 5.74) is 5.83. The van der Waals surface area contributed by atoms with Crippen molar-refractivity contribution in [1.82, 2.24) is 0 Å². The summed E-state index contributed by atoms with van der Waals surface area (Å²) in [5, 5.41) is 111. The van der Waals surface area contributed by atoms with Gasteiger partial charge < -0.3 is 80.9 Å². The Labute approximate surface area is 192 Å². The molecular weight excluding hydrogens is 470 g/mol. The first-order valence-electron chi connectivity index (χ1n) is 10.6. The summed E-state index contributed by atoms with van der Waals surface area (Å²) in [6, 6.07) is -1.58. The molecular formula is C18H33NO15. The zero-order valence-electron chi connectivity index (χ0n) is 17.8. The molecule has 0 amide bonds. The molecule has 200 valence electrons. The Hall–Kier alpha value is -0.640. The highest BCUT2D eigenvalue weighted by Gasteiger charge is 2.63. The van der Waals surface area contributed by atoms with Crippen molar-refractivity contribution in [3.63, 3.8) is 0 Å². The van der Waals surface area contributed by atoms with Crippen LogP contribution in [0.3, 0.4) is 0 Å². The van der Waals surface area contributed by atoms with Gasteiger partial charge in [-0.15, -0.1) is 0 Å². The normalized spacial score (nSPS) is 54.7. The minimum Gasteiger partial charge on any atom is -0.394 e. The van der Waals surface area contributed by atoms with Crippen molar-refractivity contribution in [1.29, 1.82) is 0 Å². The van der Waals surface area contributed by atoms with Crippen molar-refractivity contribution in [3.8, 4) is 0 Å². The van der Waals surface area contributed by atoms with E-state index in [0.717, 1.165) is 0 Å². The summed E-state index contributed by atoms with van der Waals surface area (Å²) in [5.74, 6) is -2.88. The third-order valence-corrected chi connectivity index (χ3v) is 6.49. The van der Waals surface area contributed by atoms with E-state index in [1.54, 1.807) is 0 Å². The summed E-state index contributed by atoms with van der Waals surface area (Å²) >= 11 is 0. The van der Waals surface area contributed by atoms with E-state index in [0.29, 0.717) is 0 Å². The number of aliphatic hydroxyl groups is 11. The van der Waals surface area contributed by atoms with Crippen LogP contribution in [0.4, 0.5) is 0 Å². The molecule has 3 rings (SSSR count). The van der Waals surface area contributed by atoms with Gasteiger partial charge in [0.15, 0.2) is 6.29 Å². The van der Waals surface area contributed by atoms with Crippen LogP contribution in [-0.2, 0) is 18.9 Å². The molecule has 2 unspecified atom stereocenters. The lowest BCUT2D eigenvalue weighted by atomic mass is 9.82. The third-order valence-electron chi connectivity index (χ3n) is 6.49. The van der Waals surface area contributed by atoms with E-state index >= 15 is 0 Å². The number of hydrogen-bond acceptors (Lipinski definition) is 16. The first-order valence-corrected chi connectivity index (χ1v) is 10.6. The number of aliphatic hydroxyl groups excluding tert-OH is 10. The molecule has 16 heteroatoms. The molecule has 0 aromatic rings. The van der Waals surface area contributed by atoms with Crippen LogP contribution in [0.5, 0.6) is 0 Å². The van der Waals surface area contributed by atoms with Gasteiger partial charge >= 0.3 is 0 Å². The molecule has 16 nitrogen and oxygen atoms in total. The Morgan fingerprint density at radius 1 is 0.676 bits per heavy atom. The van der Waals surface area contributed by atoms with E-state index in [1.165, 1.54) is 0 Å². The van der Waals surface area contributed by atoms with Crippen molar-refractivity contribution >= 4 is 0 Å². The summed E-state index contributed by atoms with van der Waals surface area (Å²) in [4.78, 5) is 0. The monoisotopic (exact) mass is 503 g/mol. The Kier molecular flexibility index (Phi) is 8.85. The van der Waals surface area contributed by atoms with Crippen LogP contribution in [0.2, 0.25) is 0 Å². The van der Waals surface area contributed by atoms with Gasteiger partial charge in [0.1, 0.15) is 73.2 Å². The highest BCUT2D eigenvalue weighted by Crippen LogP contribution is 2.38. The van der Waals surface area contributed by atoms with Gasteiger partial charge in [-0.1, -0.05) is 0 Å². The molecule has 0 aromatic carbocycles. The highest BCUT2D eigenvalue weighted by atomic mass is 16.7. The van der Waals surface area contributed by atoms with Gasteiger partial charge in [0.25, 0.3) is 0 Å². The molecule has 0 bridgehead atoms. The summed E-state index contributed by atoms with van der Waals surface area (Å²) < 4.78 is 21.3. The Balaban J connectivity index is 1.83. The molecule has 3 fully saturated rings. The van der Waals surface area contributed by atoms with Crippen LogP contribution < -0.4 is 5.73 Å². The van der Waals surface area contributed by atoms with Crippen LogP contribution >= 0.6 is 0 Å². The predicted molar refractivity (Wildman–Crippen MR) is 103 cm³/mol. The van der Waals surface area contributed by atoms with Gasteiger partial charge in [-0.3, -0.25) is 0 Å². The van der Waals surface area contributed by atoms with Gasteiger partial charge in [-0.25, -0.2) is 0 Å². The maximum absolute atomic E-state index is 11.1. The molecule has 0 radical (unpaired) electrons. The van der Waals surface area contributed by atoms with E-state index in [1.807, 2.05) is 0 Å². The van der Waals surface area contributed by atoms with Crippen molar-refractivity contribution in [2.45, 2.75) is 91.4 Å². The molecule has 0 spiro atoms. The molecule has 3 aliphatic rings. The van der Waals surface area contributed by atoms with Crippen LogP contribution in [0, 0.1) is 0 Å².